The third-order valence-electron chi connectivity index (χ3n) is 4.84. The molecule has 5 nitrogen and oxygen atoms in total. The number of amides is 1. The first-order chi connectivity index (χ1) is 12.4. The Morgan fingerprint density at radius 1 is 1.19 bits per heavy atom. The van der Waals surface area contributed by atoms with E-state index in [-0.39, 0.29) is 17.6 Å². The van der Waals surface area contributed by atoms with Gasteiger partial charge in [0.2, 0.25) is 5.91 Å². The number of aromatic nitrogens is 1. The van der Waals surface area contributed by atoms with Crippen molar-refractivity contribution in [2.75, 3.05) is 13.1 Å². The van der Waals surface area contributed by atoms with Crippen LogP contribution in [-0.4, -0.2) is 34.6 Å². The number of pyridine rings is 1. The molecule has 2 aromatic rings. The van der Waals surface area contributed by atoms with E-state index in [9.17, 15) is 9.59 Å². The van der Waals surface area contributed by atoms with E-state index in [2.05, 4.69) is 0 Å². The average molecular weight is 375 g/mol. The number of ether oxygens (including phenoxy) is 1. The van der Waals surface area contributed by atoms with Gasteiger partial charge >= 0.3 is 0 Å². The zero-order valence-corrected chi connectivity index (χ0v) is 15.8. The molecule has 3 rings (SSSR count). The summed E-state index contributed by atoms with van der Waals surface area (Å²) in [6.45, 7) is 3.22. The Balaban J connectivity index is 1.53. The number of halogens is 1. The van der Waals surface area contributed by atoms with E-state index in [0.717, 1.165) is 24.1 Å². The van der Waals surface area contributed by atoms with Gasteiger partial charge in [-0.15, -0.1) is 0 Å². The quantitative estimate of drug-likeness (QED) is 0.826. The van der Waals surface area contributed by atoms with Crippen LogP contribution in [0.15, 0.2) is 41.2 Å². The molecule has 1 aliphatic heterocycles. The highest BCUT2D eigenvalue weighted by Gasteiger charge is 2.24. The molecule has 2 heterocycles. The Bertz CT molecular complexity index is 837. The van der Waals surface area contributed by atoms with Crippen LogP contribution in [0.1, 0.15) is 24.1 Å². The normalized spacial score (nSPS) is 15.1. The summed E-state index contributed by atoms with van der Waals surface area (Å²) < 4.78 is 7.55. The van der Waals surface area contributed by atoms with Gasteiger partial charge in [0, 0.05) is 49.8 Å². The summed E-state index contributed by atoms with van der Waals surface area (Å²) in [5.74, 6) is 0.728. The first kappa shape index (κ1) is 18.5. The number of carbonyl (C=O) groups is 1. The van der Waals surface area contributed by atoms with Crippen molar-refractivity contribution in [3.8, 4) is 5.75 Å². The van der Waals surface area contributed by atoms with Gasteiger partial charge in [0.25, 0.3) is 5.56 Å². The maximum Gasteiger partial charge on any atom is 0.254 e. The molecule has 0 unspecified atom stereocenters. The number of piperidine rings is 1. The Morgan fingerprint density at radius 3 is 2.46 bits per heavy atom. The van der Waals surface area contributed by atoms with E-state index in [0.29, 0.717) is 30.3 Å². The summed E-state index contributed by atoms with van der Waals surface area (Å²) in [5, 5.41) is 0.671. The molecular formula is C20H23ClN2O3. The molecule has 1 saturated heterocycles. The molecule has 138 valence electrons. The first-order valence-corrected chi connectivity index (χ1v) is 9.17. The van der Waals surface area contributed by atoms with Crippen molar-refractivity contribution in [3.63, 3.8) is 0 Å². The van der Waals surface area contributed by atoms with E-state index >= 15 is 0 Å². The van der Waals surface area contributed by atoms with E-state index in [1.165, 1.54) is 6.07 Å². The molecule has 0 spiro atoms. The third kappa shape index (κ3) is 4.47. The van der Waals surface area contributed by atoms with Crippen molar-refractivity contribution in [1.29, 1.82) is 0 Å². The Hall–Kier alpha value is -2.27. The van der Waals surface area contributed by atoms with Crippen molar-refractivity contribution in [3.05, 3.63) is 63.0 Å². The van der Waals surface area contributed by atoms with Gasteiger partial charge in [-0.05, 0) is 30.7 Å². The lowest BCUT2D eigenvalue weighted by Crippen LogP contribution is -2.42. The van der Waals surface area contributed by atoms with Gasteiger partial charge in [-0.25, -0.2) is 0 Å². The summed E-state index contributed by atoms with van der Waals surface area (Å²) in [7, 11) is 1.74. The van der Waals surface area contributed by atoms with Gasteiger partial charge in [0.15, 0.2) is 0 Å². The van der Waals surface area contributed by atoms with Crippen LogP contribution < -0.4 is 10.3 Å². The largest absolute Gasteiger partial charge is 0.490 e. The lowest BCUT2D eigenvalue weighted by atomic mass is 10.1. The van der Waals surface area contributed by atoms with Gasteiger partial charge in [-0.3, -0.25) is 9.59 Å². The molecule has 26 heavy (non-hydrogen) atoms. The molecule has 0 radical (unpaired) electrons. The fraction of sp³-hybridized carbons (Fsp3) is 0.400. The predicted molar refractivity (Wildman–Crippen MR) is 102 cm³/mol. The highest BCUT2D eigenvalue weighted by Crippen LogP contribution is 2.19. The zero-order chi connectivity index (χ0) is 18.7. The molecule has 1 fully saturated rings. The van der Waals surface area contributed by atoms with Gasteiger partial charge in [0.1, 0.15) is 11.9 Å². The van der Waals surface area contributed by atoms with Crippen LogP contribution in [-0.2, 0) is 18.3 Å². The summed E-state index contributed by atoms with van der Waals surface area (Å²) in [4.78, 5) is 26.2. The highest BCUT2D eigenvalue weighted by molar-refractivity contribution is 6.30. The van der Waals surface area contributed by atoms with Crippen molar-refractivity contribution in [1.82, 2.24) is 9.47 Å². The molecule has 1 aromatic heterocycles. The molecule has 1 amide bonds. The zero-order valence-electron chi connectivity index (χ0n) is 15.1. The minimum atomic E-state index is -0.0735. The molecule has 1 aromatic carbocycles. The fourth-order valence-corrected chi connectivity index (χ4v) is 3.23. The van der Waals surface area contributed by atoms with E-state index < -0.39 is 0 Å². The fourth-order valence-electron chi connectivity index (χ4n) is 3.11. The van der Waals surface area contributed by atoms with Crippen molar-refractivity contribution < 1.29 is 9.53 Å². The average Bonchev–Trinajstić information content (AvgIpc) is 2.62. The number of benzene rings is 1. The number of hydrogen-bond donors (Lipinski definition) is 0. The summed E-state index contributed by atoms with van der Waals surface area (Å²) in [5.41, 5.74) is 1.76. The van der Waals surface area contributed by atoms with Crippen LogP contribution >= 0.6 is 11.6 Å². The monoisotopic (exact) mass is 374 g/mol. The Kier molecular flexibility index (Phi) is 5.67. The van der Waals surface area contributed by atoms with Gasteiger partial charge in [-0.1, -0.05) is 23.7 Å². The van der Waals surface area contributed by atoms with E-state index in [1.807, 2.05) is 30.0 Å². The van der Waals surface area contributed by atoms with Gasteiger partial charge in [0.05, 0.1) is 6.42 Å². The Labute approximate surface area is 158 Å². The summed E-state index contributed by atoms with van der Waals surface area (Å²) in [6, 6.07) is 10.8. The van der Waals surface area contributed by atoms with Crippen molar-refractivity contribution >= 4 is 17.5 Å². The second kappa shape index (κ2) is 7.96. The molecule has 0 atom stereocenters. The second-order valence-corrected chi connectivity index (χ2v) is 7.17. The first-order valence-electron chi connectivity index (χ1n) is 8.79. The summed E-state index contributed by atoms with van der Waals surface area (Å²) >= 11 is 5.88. The van der Waals surface area contributed by atoms with Crippen molar-refractivity contribution in [2.24, 2.45) is 7.05 Å². The number of aryl methyl sites for hydroxylation is 1. The molecule has 6 heteroatoms. The van der Waals surface area contributed by atoms with E-state index in [4.69, 9.17) is 16.3 Å². The van der Waals surface area contributed by atoms with Gasteiger partial charge < -0.3 is 14.2 Å². The lowest BCUT2D eigenvalue weighted by Gasteiger charge is -2.32. The smallest absolute Gasteiger partial charge is 0.254 e. The predicted octanol–water partition coefficient (Wildman–Crippen LogP) is 2.96. The van der Waals surface area contributed by atoms with Crippen LogP contribution in [0.5, 0.6) is 5.75 Å². The standard InChI is InChI=1S/C20H23ClN2O3/c1-14-11-18(13-19(24)22(14)2)26-17-7-9-23(10-8-17)20(25)12-15-3-5-16(21)6-4-15/h3-6,11,13,17H,7-10,12H2,1-2H3. The number of likely N-dealkylation sites (tertiary alicyclic amines) is 1. The SMILES string of the molecule is Cc1cc(OC2CCN(C(=O)Cc3ccc(Cl)cc3)CC2)cc(=O)n1C. The molecule has 0 N–H and O–H groups in total. The van der Waals surface area contributed by atoms with Crippen LogP contribution in [0.4, 0.5) is 0 Å². The number of nitrogens with zero attached hydrogens (tertiary/aromatic N) is 2. The molecule has 0 saturated carbocycles. The topological polar surface area (TPSA) is 51.5 Å². The van der Waals surface area contributed by atoms with Crippen LogP contribution in [0, 0.1) is 6.92 Å². The number of carbonyl (C=O) groups excluding carboxylic acids is 1. The molecule has 0 bridgehead atoms. The summed E-state index contributed by atoms with van der Waals surface area (Å²) in [6.07, 6.45) is 1.94. The minimum absolute atomic E-state index is 0.0288. The molecule has 1 aliphatic rings. The van der Waals surface area contributed by atoms with Crippen LogP contribution in [0.25, 0.3) is 0 Å². The van der Waals surface area contributed by atoms with Gasteiger partial charge in [-0.2, -0.15) is 0 Å². The Morgan fingerprint density at radius 2 is 1.85 bits per heavy atom. The third-order valence-corrected chi connectivity index (χ3v) is 5.09. The maximum absolute atomic E-state index is 12.5. The maximum atomic E-state index is 12.5. The lowest BCUT2D eigenvalue weighted by molar-refractivity contribution is -0.132. The molecular weight excluding hydrogens is 352 g/mol. The second-order valence-electron chi connectivity index (χ2n) is 6.73. The highest BCUT2D eigenvalue weighted by atomic mass is 35.5. The number of hydrogen-bond acceptors (Lipinski definition) is 3. The minimum Gasteiger partial charge on any atom is -0.490 e. The number of rotatable bonds is 4. The molecule has 0 aliphatic carbocycles. The van der Waals surface area contributed by atoms with Crippen molar-refractivity contribution in [2.45, 2.75) is 32.3 Å². The van der Waals surface area contributed by atoms with Crippen LogP contribution in [0.2, 0.25) is 5.02 Å². The van der Waals surface area contributed by atoms with Crippen LogP contribution in [0.3, 0.4) is 0 Å². The van der Waals surface area contributed by atoms with E-state index in [1.54, 1.807) is 23.7 Å².